The third-order valence-corrected chi connectivity index (χ3v) is 4.03. The second kappa shape index (κ2) is 6.91. The van der Waals surface area contributed by atoms with Crippen LogP contribution in [-0.2, 0) is 4.74 Å². The summed E-state index contributed by atoms with van der Waals surface area (Å²) in [5.74, 6) is -1.06. The Labute approximate surface area is 131 Å². The van der Waals surface area contributed by atoms with E-state index in [0.717, 1.165) is 19.4 Å². The predicted molar refractivity (Wildman–Crippen MR) is 81.7 cm³/mol. The summed E-state index contributed by atoms with van der Waals surface area (Å²) in [4.78, 5) is 22.9. The third kappa shape index (κ3) is 4.18. The zero-order chi connectivity index (χ0) is 15.4. The summed E-state index contributed by atoms with van der Waals surface area (Å²) >= 11 is 3.16. The maximum absolute atomic E-state index is 11.9. The zero-order valence-corrected chi connectivity index (χ0v) is 13.1. The number of hydrogen-bond acceptors (Lipinski definition) is 3. The summed E-state index contributed by atoms with van der Waals surface area (Å²) in [5.41, 5.74) is 0.521. The lowest BCUT2D eigenvalue weighted by Gasteiger charge is -2.20. The summed E-state index contributed by atoms with van der Waals surface area (Å²) < 4.78 is 5.97. The summed E-state index contributed by atoms with van der Waals surface area (Å²) in [6, 6.07) is 4.15. The summed E-state index contributed by atoms with van der Waals surface area (Å²) in [5, 5.41) is 14.5. The van der Waals surface area contributed by atoms with Gasteiger partial charge in [0.2, 0.25) is 0 Å². The van der Waals surface area contributed by atoms with E-state index < -0.39 is 5.97 Å². The van der Waals surface area contributed by atoms with E-state index in [0.29, 0.717) is 10.2 Å². The highest BCUT2D eigenvalue weighted by atomic mass is 79.9. The van der Waals surface area contributed by atoms with Gasteiger partial charge in [0.15, 0.2) is 0 Å². The molecule has 114 valence electrons. The topological polar surface area (TPSA) is 87.7 Å². The van der Waals surface area contributed by atoms with Crippen LogP contribution in [0.2, 0.25) is 0 Å². The predicted octanol–water partition coefficient (Wildman–Crippen LogP) is 2.84. The molecular weight excluding hydrogens is 340 g/mol. The van der Waals surface area contributed by atoms with Crippen LogP contribution in [0.3, 0.4) is 0 Å². The van der Waals surface area contributed by atoms with E-state index in [9.17, 15) is 9.59 Å². The number of rotatable bonds is 4. The first-order valence-corrected chi connectivity index (χ1v) is 7.48. The van der Waals surface area contributed by atoms with Crippen molar-refractivity contribution in [3.63, 3.8) is 0 Å². The monoisotopic (exact) mass is 356 g/mol. The SMILES string of the molecule is CC(NC(=O)Nc1ccc(Br)c(C(=O)O)c1)C1CCCO1. The fraction of sp³-hybridized carbons (Fsp3) is 0.429. The molecule has 0 aromatic heterocycles. The molecule has 1 saturated heterocycles. The molecule has 1 aromatic rings. The number of anilines is 1. The number of ether oxygens (including phenoxy) is 1. The van der Waals surface area contributed by atoms with Crippen molar-refractivity contribution in [3.05, 3.63) is 28.2 Å². The molecule has 6 nitrogen and oxygen atoms in total. The quantitative estimate of drug-likeness (QED) is 0.773. The van der Waals surface area contributed by atoms with Gasteiger partial charge in [-0.05, 0) is 53.9 Å². The first-order chi connectivity index (χ1) is 9.97. The van der Waals surface area contributed by atoms with Gasteiger partial charge in [-0.25, -0.2) is 9.59 Å². The van der Waals surface area contributed by atoms with Gasteiger partial charge < -0.3 is 20.5 Å². The average molecular weight is 357 g/mol. The highest BCUT2D eigenvalue weighted by Crippen LogP contribution is 2.21. The van der Waals surface area contributed by atoms with Gasteiger partial charge in [0.05, 0.1) is 17.7 Å². The lowest BCUT2D eigenvalue weighted by molar-refractivity contribution is 0.0696. The van der Waals surface area contributed by atoms with Crippen molar-refractivity contribution in [3.8, 4) is 0 Å². The largest absolute Gasteiger partial charge is 0.478 e. The number of carboxylic acids is 1. The molecule has 0 radical (unpaired) electrons. The summed E-state index contributed by atoms with van der Waals surface area (Å²) in [6.45, 7) is 2.62. The van der Waals surface area contributed by atoms with Crippen molar-refractivity contribution in [2.75, 3.05) is 11.9 Å². The number of amides is 2. The number of hydrogen-bond donors (Lipinski definition) is 3. The van der Waals surface area contributed by atoms with Gasteiger partial charge in [-0.2, -0.15) is 0 Å². The van der Waals surface area contributed by atoms with Crippen LogP contribution in [0.5, 0.6) is 0 Å². The second-order valence-corrected chi connectivity index (χ2v) is 5.79. The van der Waals surface area contributed by atoms with Crippen LogP contribution in [0.4, 0.5) is 10.5 Å². The molecule has 1 aromatic carbocycles. The van der Waals surface area contributed by atoms with Gasteiger partial charge >= 0.3 is 12.0 Å². The number of benzene rings is 1. The van der Waals surface area contributed by atoms with Crippen molar-refractivity contribution in [1.29, 1.82) is 0 Å². The number of aromatic carboxylic acids is 1. The number of carbonyl (C=O) groups is 2. The molecular formula is C14H17BrN2O4. The first-order valence-electron chi connectivity index (χ1n) is 6.69. The van der Waals surface area contributed by atoms with Gasteiger partial charge in [-0.3, -0.25) is 0 Å². The van der Waals surface area contributed by atoms with Crippen molar-refractivity contribution >= 4 is 33.6 Å². The van der Waals surface area contributed by atoms with Crippen LogP contribution in [0.15, 0.2) is 22.7 Å². The smallest absolute Gasteiger partial charge is 0.336 e. The number of halogens is 1. The average Bonchev–Trinajstić information content (AvgIpc) is 2.94. The fourth-order valence-electron chi connectivity index (χ4n) is 2.23. The Morgan fingerprint density at radius 3 is 2.86 bits per heavy atom. The van der Waals surface area contributed by atoms with E-state index in [2.05, 4.69) is 26.6 Å². The van der Waals surface area contributed by atoms with Crippen molar-refractivity contribution in [2.45, 2.75) is 31.9 Å². The Morgan fingerprint density at radius 1 is 1.48 bits per heavy atom. The van der Waals surface area contributed by atoms with Gasteiger partial charge in [0.1, 0.15) is 0 Å². The molecule has 7 heteroatoms. The molecule has 2 unspecified atom stereocenters. The highest BCUT2D eigenvalue weighted by molar-refractivity contribution is 9.10. The molecule has 3 N–H and O–H groups in total. The second-order valence-electron chi connectivity index (χ2n) is 4.94. The van der Waals surface area contributed by atoms with Gasteiger partial charge in [-0.1, -0.05) is 0 Å². The zero-order valence-electron chi connectivity index (χ0n) is 11.6. The maximum atomic E-state index is 11.9. The number of carboxylic acid groups (broad SMARTS) is 1. The van der Waals surface area contributed by atoms with Crippen LogP contribution in [-0.4, -0.2) is 35.9 Å². The molecule has 1 fully saturated rings. The molecule has 0 aliphatic carbocycles. The number of urea groups is 1. The van der Waals surface area contributed by atoms with E-state index in [1.54, 1.807) is 12.1 Å². The fourth-order valence-corrected chi connectivity index (χ4v) is 2.65. The lowest BCUT2D eigenvalue weighted by atomic mass is 10.1. The van der Waals surface area contributed by atoms with Crippen LogP contribution in [0, 0.1) is 0 Å². The standard InChI is InChI=1S/C14H17BrN2O4/c1-8(12-3-2-6-21-12)16-14(20)17-9-4-5-11(15)10(7-9)13(18)19/h4-5,7-8,12H,2-3,6H2,1H3,(H,18,19)(H2,16,17,20). The molecule has 1 aliphatic heterocycles. The van der Waals surface area contributed by atoms with Gasteiger partial charge in [0, 0.05) is 16.8 Å². The van der Waals surface area contributed by atoms with E-state index in [4.69, 9.17) is 9.84 Å². The summed E-state index contributed by atoms with van der Waals surface area (Å²) in [6.07, 6.45) is 1.98. The molecule has 1 heterocycles. The molecule has 0 saturated carbocycles. The minimum Gasteiger partial charge on any atom is -0.478 e. The summed E-state index contributed by atoms with van der Waals surface area (Å²) in [7, 11) is 0. The Bertz CT molecular complexity index is 544. The van der Waals surface area contributed by atoms with E-state index in [-0.39, 0.29) is 23.7 Å². The highest BCUT2D eigenvalue weighted by Gasteiger charge is 2.23. The third-order valence-electron chi connectivity index (χ3n) is 3.34. The van der Waals surface area contributed by atoms with Crippen LogP contribution in [0.25, 0.3) is 0 Å². The molecule has 0 bridgehead atoms. The van der Waals surface area contributed by atoms with Crippen LogP contribution in [0.1, 0.15) is 30.1 Å². The van der Waals surface area contributed by atoms with Gasteiger partial charge in [-0.15, -0.1) is 0 Å². The Morgan fingerprint density at radius 2 is 2.24 bits per heavy atom. The molecule has 0 spiro atoms. The van der Waals surface area contributed by atoms with Crippen LogP contribution >= 0.6 is 15.9 Å². The lowest BCUT2D eigenvalue weighted by Crippen LogP contribution is -2.43. The van der Waals surface area contributed by atoms with Gasteiger partial charge in [0.25, 0.3) is 0 Å². The molecule has 1 aliphatic rings. The Kier molecular flexibility index (Phi) is 5.19. The van der Waals surface area contributed by atoms with E-state index in [1.165, 1.54) is 6.07 Å². The number of carbonyl (C=O) groups excluding carboxylic acids is 1. The number of nitrogens with one attached hydrogen (secondary N) is 2. The minimum atomic E-state index is -1.06. The van der Waals surface area contributed by atoms with E-state index in [1.807, 2.05) is 6.92 Å². The first kappa shape index (κ1) is 15.8. The van der Waals surface area contributed by atoms with Crippen molar-refractivity contribution in [1.82, 2.24) is 5.32 Å². The van der Waals surface area contributed by atoms with E-state index >= 15 is 0 Å². The van der Waals surface area contributed by atoms with Crippen LogP contribution < -0.4 is 10.6 Å². The molecule has 2 amide bonds. The maximum Gasteiger partial charge on any atom is 0.336 e. The molecule has 21 heavy (non-hydrogen) atoms. The molecule has 2 rings (SSSR count). The Balaban J connectivity index is 1.96. The van der Waals surface area contributed by atoms with Crippen molar-refractivity contribution in [2.24, 2.45) is 0 Å². The molecule has 2 atom stereocenters. The minimum absolute atomic E-state index is 0.0373. The van der Waals surface area contributed by atoms with Crippen molar-refractivity contribution < 1.29 is 19.4 Å². The normalized spacial score (nSPS) is 19.0. The Hall–Kier alpha value is -1.60.